The highest BCUT2D eigenvalue weighted by molar-refractivity contribution is 6.31. The van der Waals surface area contributed by atoms with Crippen molar-refractivity contribution in [3.63, 3.8) is 0 Å². The molecule has 0 spiro atoms. The summed E-state index contributed by atoms with van der Waals surface area (Å²) in [5, 5.41) is 0.858. The van der Waals surface area contributed by atoms with Gasteiger partial charge in [0.25, 0.3) is 0 Å². The van der Waals surface area contributed by atoms with Gasteiger partial charge in [-0.25, -0.2) is 0 Å². The highest BCUT2D eigenvalue weighted by Gasteiger charge is 2.16. The minimum absolute atomic E-state index is 0.497. The van der Waals surface area contributed by atoms with Crippen LogP contribution in [0, 0.1) is 5.92 Å². The maximum Gasteiger partial charge on any atom is 0.0576 e. The van der Waals surface area contributed by atoms with Crippen LogP contribution in [0.5, 0.6) is 0 Å². The van der Waals surface area contributed by atoms with Crippen LogP contribution in [-0.4, -0.2) is 18.6 Å². The second kappa shape index (κ2) is 8.14. The lowest BCUT2D eigenvalue weighted by Crippen LogP contribution is -2.10. The van der Waals surface area contributed by atoms with Crippen LogP contribution in [0.3, 0.4) is 0 Å². The molecule has 0 N–H and O–H groups in total. The molecule has 0 radical (unpaired) electrons. The van der Waals surface area contributed by atoms with Gasteiger partial charge >= 0.3 is 0 Å². The lowest BCUT2D eigenvalue weighted by Gasteiger charge is -2.16. The maximum absolute atomic E-state index is 6.20. The molecule has 19 heavy (non-hydrogen) atoms. The second-order valence-electron chi connectivity index (χ2n) is 5.38. The van der Waals surface area contributed by atoms with Gasteiger partial charge in [-0.1, -0.05) is 36.2 Å². The largest absolute Gasteiger partial charge is 0.378 e. The summed E-state index contributed by atoms with van der Waals surface area (Å²) in [7, 11) is 0. The van der Waals surface area contributed by atoms with E-state index in [-0.39, 0.29) is 0 Å². The van der Waals surface area contributed by atoms with Crippen molar-refractivity contribution in [3.8, 4) is 0 Å². The van der Waals surface area contributed by atoms with Gasteiger partial charge in [0.2, 0.25) is 0 Å². The Morgan fingerprint density at radius 2 is 2.16 bits per heavy atom. The van der Waals surface area contributed by atoms with E-state index in [2.05, 4.69) is 6.07 Å². The van der Waals surface area contributed by atoms with Crippen LogP contribution in [0.4, 0.5) is 0 Å². The van der Waals surface area contributed by atoms with E-state index < -0.39 is 0 Å². The van der Waals surface area contributed by atoms with Gasteiger partial charge in [0.15, 0.2) is 0 Å². The third-order valence-electron chi connectivity index (χ3n) is 3.85. The third kappa shape index (κ3) is 4.98. The Labute approximate surface area is 126 Å². The fourth-order valence-electron chi connectivity index (χ4n) is 2.71. The van der Waals surface area contributed by atoms with Gasteiger partial charge < -0.3 is 4.74 Å². The fourth-order valence-corrected chi connectivity index (χ4v) is 3.19. The Kier molecular flexibility index (Phi) is 6.49. The molecule has 2 rings (SSSR count). The summed E-state index contributed by atoms with van der Waals surface area (Å²) in [4.78, 5) is 0. The molecule has 106 valence electrons. The quantitative estimate of drug-likeness (QED) is 0.638. The first-order chi connectivity index (χ1) is 9.29. The van der Waals surface area contributed by atoms with Crippen LogP contribution in [0.25, 0.3) is 0 Å². The standard InChI is InChI=1S/C16H22Cl2O/c17-12-13(5-3-7-15-8-4-10-19-15)11-14-6-1-2-9-16(14)18/h1-2,6,9,13,15H,3-5,7-8,10-12H2. The number of hydrogen-bond donors (Lipinski definition) is 0. The summed E-state index contributed by atoms with van der Waals surface area (Å²) in [5.41, 5.74) is 1.21. The van der Waals surface area contributed by atoms with E-state index in [4.69, 9.17) is 27.9 Å². The molecule has 1 nitrogen and oxygen atoms in total. The molecule has 1 aliphatic heterocycles. The number of ether oxygens (including phenoxy) is 1. The molecule has 0 amide bonds. The Balaban J connectivity index is 1.75. The molecule has 0 aliphatic carbocycles. The molecular weight excluding hydrogens is 279 g/mol. The normalized spacial score (nSPS) is 20.6. The van der Waals surface area contributed by atoms with E-state index in [1.807, 2.05) is 18.2 Å². The summed E-state index contributed by atoms with van der Waals surface area (Å²) in [6.07, 6.45) is 7.47. The van der Waals surface area contributed by atoms with Gasteiger partial charge in [-0.3, -0.25) is 0 Å². The predicted molar refractivity (Wildman–Crippen MR) is 82.2 cm³/mol. The summed E-state index contributed by atoms with van der Waals surface area (Å²) in [6.45, 7) is 0.948. The molecule has 1 heterocycles. The van der Waals surface area contributed by atoms with Crippen molar-refractivity contribution in [2.75, 3.05) is 12.5 Å². The Morgan fingerprint density at radius 1 is 1.32 bits per heavy atom. The molecule has 1 aromatic rings. The number of rotatable bonds is 7. The van der Waals surface area contributed by atoms with Crippen molar-refractivity contribution in [2.45, 2.75) is 44.6 Å². The monoisotopic (exact) mass is 300 g/mol. The summed E-state index contributed by atoms with van der Waals surface area (Å²) < 4.78 is 5.65. The molecule has 2 unspecified atom stereocenters. The topological polar surface area (TPSA) is 9.23 Å². The first-order valence-electron chi connectivity index (χ1n) is 7.20. The zero-order chi connectivity index (χ0) is 13.5. The van der Waals surface area contributed by atoms with Crippen LogP contribution in [0.15, 0.2) is 24.3 Å². The minimum Gasteiger partial charge on any atom is -0.378 e. The number of benzene rings is 1. The molecule has 2 atom stereocenters. The molecule has 0 saturated carbocycles. The van der Waals surface area contributed by atoms with Crippen molar-refractivity contribution < 1.29 is 4.74 Å². The van der Waals surface area contributed by atoms with E-state index in [0.29, 0.717) is 17.9 Å². The third-order valence-corrected chi connectivity index (χ3v) is 4.65. The van der Waals surface area contributed by atoms with Crippen molar-refractivity contribution in [3.05, 3.63) is 34.9 Å². The van der Waals surface area contributed by atoms with Gasteiger partial charge in [-0.2, -0.15) is 0 Å². The Morgan fingerprint density at radius 3 is 2.84 bits per heavy atom. The summed E-state index contributed by atoms with van der Waals surface area (Å²) in [6, 6.07) is 8.06. The molecule has 3 heteroatoms. The second-order valence-corrected chi connectivity index (χ2v) is 6.10. The molecular formula is C16H22Cl2O. The van der Waals surface area contributed by atoms with Gasteiger partial charge in [0, 0.05) is 17.5 Å². The highest BCUT2D eigenvalue weighted by atomic mass is 35.5. The zero-order valence-corrected chi connectivity index (χ0v) is 12.8. The Hall–Kier alpha value is -0.240. The molecule has 0 bridgehead atoms. The molecule has 1 fully saturated rings. The minimum atomic E-state index is 0.497. The van der Waals surface area contributed by atoms with E-state index >= 15 is 0 Å². The van der Waals surface area contributed by atoms with Crippen molar-refractivity contribution in [1.29, 1.82) is 0 Å². The molecule has 0 aromatic heterocycles. The Bertz CT molecular complexity index is 375. The van der Waals surface area contributed by atoms with E-state index in [1.54, 1.807) is 0 Å². The maximum atomic E-state index is 6.20. The zero-order valence-electron chi connectivity index (χ0n) is 11.3. The summed E-state index contributed by atoms with van der Waals surface area (Å²) in [5.74, 6) is 1.22. The van der Waals surface area contributed by atoms with Crippen LogP contribution in [-0.2, 0) is 11.2 Å². The van der Waals surface area contributed by atoms with E-state index in [0.717, 1.165) is 24.5 Å². The lowest BCUT2D eigenvalue weighted by atomic mass is 9.94. The SMILES string of the molecule is ClCC(CCCC1CCCO1)Cc1ccccc1Cl. The van der Waals surface area contributed by atoms with Crippen LogP contribution >= 0.6 is 23.2 Å². The van der Waals surface area contributed by atoms with Gasteiger partial charge in [0.05, 0.1) is 6.10 Å². The molecule has 1 aromatic carbocycles. The van der Waals surface area contributed by atoms with Gasteiger partial charge in [-0.05, 0) is 49.7 Å². The number of hydrogen-bond acceptors (Lipinski definition) is 1. The average Bonchev–Trinajstić information content (AvgIpc) is 2.93. The van der Waals surface area contributed by atoms with Crippen LogP contribution in [0.2, 0.25) is 5.02 Å². The van der Waals surface area contributed by atoms with Gasteiger partial charge in [-0.15, -0.1) is 11.6 Å². The van der Waals surface area contributed by atoms with E-state index in [9.17, 15) is 0 Å². The first-order valence-corrected chi connectivity index (χ1v) is 8.12. The van der Waals surface area contributed by atoms with Crippen molar-refractivity contribution >= 4 is 23.2 Å². The summed E-state index contributed by atoms with van der Waals surface area (Å²) >= 11 is 12.3. The van der Waals surface area contributed by atoms with Crippen LogP contribution in [0.1, 0.15) is 37.7 Å². The van der Waals surface area contributed by atoms with Crippen molar-refractivity contribution in [1.82, 2.24) is 0 Å². The predicted octanol–water partition coefficient (Wildman–Crippen LogP) is 5.09. The average molecular weight is 301 g/mol. The fraction of sp³-hybridized carbons (Fsp3) is 0.625. The number of halogens is 2. The first kappa shape index (κ1) is 15.2. The van der Waals surface area contributed by atoms with Crippen molar-refractivity contribution in [2.24, 2.45) is 5.92 Å². The van der Waals surface area contributed by atoms with E-state index in [1.165, 1.54) is 31.2 Å². The molecule has 1 saturated heterocycles. The smallest absolute Gasteiger partial charge is 0.0576 e. The molecule has 1 aliphatic rings. The lowest BCUT2D eigenvalue weighted by molar-refractivity contribution is 0.101. The van der Waals surface area contributed by atoms with Gasteiger partial charge in [0.1, 0.15) is 0 Å². The van der Waals surface area contributed by atoms with Crippen LogP contribution < -0.4 is 0 Å². The highest BCUT2D eigenvalue weighted by Crippen LogP contribution is 2.24. The number of alkyl halides is 1.